The van der Waals surface area contributed by atoms with E-state index in [0.717, 1.165) is 41.5 Å². The number of carbonyl (C=O) groups excluding carboxylic acids is 3. The fraction of sp³-hybridized carbons (Fsp3) is 0.281. The average molecular weight is 578 g/mol. The molecule has 2 saturated heterocycles. The van der Waals surface area contributed by atoms with E-state index in [2.05, 4.69) is 15.3 Å². The highest BCUT2D eigenvalue weighted by atomic mass is 19.1. The summed E-state index contributed by atoms with van der Waals surface area (Å²) >= 11 is 0. The van der Waals surface area contributed by atoms with E-state index in [-0.39, 0.29) is 24.1 Å². The van der Waals surface area contributed by atoms with Gasteiger partial charge in [-0.15, -0.1) is 0 Å². The van der Waals surface area contributed by atoms with Gasteiger partial charge in [0.2, 0.25) is 11.8 Å². The standard InChI is InChI=1S/C32H28FN7O3/c33-25-14-20(15-34)4-6-26(25)38-12-10-37(11-13-38)17-21-16-35-39(18-21)19-22-5-7-27-30-23(22)2-1-3-24(30)32(43)40(27)28-8-9-29(41)36-31(28)42/h1-7,14,16,18,28H,8-13,17,19H2,(H,36,41,42)/t28-/m1/s1. The zero-order valence-corrected chi connectivity index (χ0v) is 23.3. The molecule has 1 aromatic heterocycles. The monoisotopic (exact) mass is 577 g/mol. The first-order valence-corrected chi connectivity index (χ1v) is 14.3. The van der Waals surface area contributed by atoms with Crippen LogP contribution >= 0.6 is 0 Å². The second-order valence-electron chi connectivity index (χ2n) is 11.2. The van der Waals surface area contributed by atoms with Crippen LogP contribution in [0.15, 0.2) is 60.9 Å². The number of rotatable bonds is 6. The van der Waals surface area contributed by atoms with Gasteiger partial charge in [-0.2, -0.15) is 10.4 Å². The Kier molecular flexibility index (Phi) is 6.63. The molecule has 216 valence electrons. The number of piperidine rings is 1. The van der Waals surface area contributed by atoms with Crippen molar-refractivity contribution in [3.63, 3.8) is 0 Å². The summed E-state index contributed by atoms with van der Waals surface area (Å²) in [4.78, 5) is 43.6. The Labute approximate surface area is 246 Å². The Balaban J connectivity index is 1.04. The molecule has 3 amide bonds. The van der Waals surface area contributed by atoms with Crippen LogP contribution in [0.25, 0.3) is 10.8 Å². The number of imide groups is 1. The molecule has 3 aliphatic rings. The van der Waals surface area contributed by atoms with Crippen molar-refractivity contribution in [1.29, 1.82) is 5.26 Å². The number of nitrogens with zero attached hydrogens (tertiary/aromatic N) is 6. The lowest BCUT2D eigenvalue weighted by Crippen LogP contribution is -2.53. The van der Waals surface area contributed by atoms with E-state index in [0.29, 0.717) is 48.6 Å². The second kappa shape index (κ2) is 10.6. The lowest BCUT2D eigenvalue weighted by atomic mass is 10.00. The van der Waals surface area contributed by atoms with Gasteiger partial charge in [0.1, 0.15) is 11.9 Å². The normalized spacial score (nSPS) is 18.8. The van der Waals surface area contributed by atoms with E-state index in [1.807, 2.05) is 52.3 Å². The Morgan fingerprint density at radius 3 is 2.58 bits per heavy atom. The van der Waals surface area contributed by atoms with Crippen molar-refractivity contribution in [2.45, 2.75) is 32.0 Å². The molecular weight excluding hydrogens is 549 g/mol. The van der Waals surface area contributed by atoms with Crippen molar-refractivity contribution in [2.24, 2.45) is 0 Å². The van der Waals surface area contributed by atoms with Crippen LogP contribution in [-0.2, 0) is 22.7 Å². The number of nitriles is 1. The summed E-state index contributed by atoms with van der Waals surface area (Å²) in [5.41, 5.74) is 4.17. The fourth-order valence-electron chi connectivity index (χ4n) is 6.43. The number of halogens is 1. The van der Waals surface area contributed by atoms with Crippen molar-refractivity contribution < 1.29 is 18.8 Å². The number of amides is 3. The highest BCUT2D eigenvalue weighted by molar-refractivity contribution is 6.27. The summed E-state index contributed by atoms with van der Waals surface area (Å²) in [5, 5.41) is 17.7. The third kappa shape index (κ3) is 4.79. The number of piperazine rings is 1. The average Bonchev–Trinajstić information content (AvgIpc) is 3.57. The zero-order chi connectivity index (χ0) is 29.7. The summed E-state index contributed by atoms with van der Waals surface area (Å²) in [6.45, 7) is 4.16. The molecule has 0 saturated carbocycles. The zero-order valence-electron chi connectivity index (χ0n) is 23.3. The first-order chi connectivity index (χ1) is 20.9. The molecular formula is C32H28FN7O3. The van der Waals surface area contributed by atoms with Crippen molar-refractivity contribution in [1.82, 2.24) is 20.0 Å². The summed E-state index contributed by atoms with van der Waals surface area (Å²) in [7, 11) is 0. The van der Waals surface area contributed by atoms with Crippen LogP contribution in [0, 0.1) is 17.1 Å². The van der Waals surface area contributed by atoms with Crippen LogP contribution in [-0.4, -0.2) is 64.6 Å². The van der Waals surface area contributed by atoms with Crippen molar-refractivity contribution in [2.75, 3.05) is 36.0 Å². The summed E-state index contributed by atoms with van der Waals surface area (Å²) in [6.07, 6.45) is 4.38. The van der Waals surface area contributed by atoms with Gasteiger partial charge < -0.3 is 4.90 Å². The Bertz CT molecular complexity index is 1840. The van der Waals surface area contributed by atoms with Gasteiger partial charge in [0.05, 0.1) is 35.7 Å². The summed E-state index contributed by atoms with van der Waals surface area (Å²) < 4.78 is 16.4. The summed E-state index contributed by atoms with van der Waals surface area (Å²) in [5.74, 6) is -1.35. The van der Waals surface area contributed by atoms with E-state index in [1.54, 1.807) is 18.2 Å². The predicted molar refractivity (Wildman–Crippen MR) is 157 cm³/mol. The highest BCUT2D eigenvalue weighted by Crippen LogP contribution is 2.41. The number of nitrogens with one attached hydrogen (secondary N) is 1. The molecule has 0 bridgehead atoms. The molecule has 43 heavy (non-hydrogen) atoms. The molecule has 0 aliphatic carbocycles. The molecule has 3 aliphatic heterocycles. The summed E-state index contributed by atoms with van der Waals surface area (Å²) in [6, 6.07) is 15.3. The van der Waals surface area contributed by atoms with Gasteiger partial charge in [0.25, 0.3) is 5.91 Å². The van der Waals surface area contributed by atoms with E-state index in [4.69, 9.17) is 5.26 Å². The number of hydrogen-bond donors (Lipinski definition) is 1. The minimum absolute atomic E-state index is 0.199. The number of hydrogen-bond acceptors (Lipinski definition) is 7. The quantitative estimate of drug-likeness (QED) is 0.350. The van der Waals surface area contributed by atoms with Crippen molar-refractivity contribution in [3.05, 3.63) is 89.0 Å². The molecule has 1 N–H and O–H groups in total. The smallest absolute Gasteiger partial charge is 0.259 e. The number of anilines is 2. The third-order valence-electron chi connectivity index (χ3n) is 8.55. The van der Waals surface area contributed by atoms with E-state index < -0.39 is 11.9 Å². The molecule has 3 aromatic carbocycles. The number of aromatic nitrogens is 2. The maximum Gasteiger partial charge on any atom is 0.259 e. The van der Waals surface area contributed by atoms with Gasteiger partial charge in [0.15, 0.2) is 0 Å². The minimum Gasteiger partial charge on any atom is -0.367 e. The lowest BCUT2D eigenvalue weighted by molar-refractivity contribution is -0.134. The minimum atomic E-state index is -0.717. The topological polar surface area (TPSA) is 115 Å². The Morgan fingerprint density at radius 1 is 1.00 bits per heavy atom. The predicted octanol–water partition coefficient (Wildman–Crippen LogP) is 3.18. The van der Waals surface area contributed by atoms with E-state index >= 15 is 0 Å². The highest BCUT2D eigenvalue weighted by Gasteiger charge is 2.40. The van der Waals surface area contributed by atoms with Crippen LogP contribution in [0.2, 0.25) is 0 Å². The SMILES string of the molecule is N#Cc1ccc(N2CCN(Cc3cnn(Cc4ccc5c6c(cccc46)C(=O)N5[C@@H]4CCC(=O)NC4=O)c3)CC2)c(F)c1. The molecule has 0 spiro atoms. The van der Waals surface area contributed by atoms with Crippen LogP contribution in [0.3, 0.4) is 0 Å². The Morgan fingerprint density at radius 2 is 1.81 bits per heavy atom. The molecule has 11 heteroatoms. The molecule has 4 heterocycles. The van der Waals surface area contributed by atoms with Crippen molar-refractivity contribution >= 4 is 39.9 Å². The maximum absolute atomic E-state index is 14.5. The molecule has 10 nitrogen and oxygen atoms in total. The van der Waals surface area contributed by atoms with Gasteiger partial charge in [-0.05, 0) is 47.7 Å². The van der Waals surface area contributed by atoms with Crippen LogP contribution in [0.1, 0.15) is 39.9 Å². The van der Waals surface area contributed by atoms with Crippen LogP contribution in [0.5, 0.6) is 0 Å². The largest absolute Gasteiger partial charge is 0.367 e. The number of benzene rings is 3. The number of carbonyl (C=O) groups is 3. The second-order valence-corrected chi connectivity index (χ2v) is 11.2. The van der Waals surface area contributed by atoms with E-state index in [9.17, 15) is 18.8 Å². The molecule has 0 radical (unpaired) electrons. The lowest BCUT2D eigenvalue weighted by Gasteiger charge is -2.36. The van der Waals surface area contributed by atoms with Gasteiger partial charge in [0, 0.05) is 61.9 Å². The molecule has 1 atom stereocenters. The van der Waals surface area contributed by atoms with Crippen LogP contribution < -0.4 is 15.1 Å². The van der Waals surface area contributed by atoms with Gasteiger partial charge in [-0.25, -0.2) is 4.39 Å². The first-order valence-electron chi connectivity index (χ1n) is 14.3. The molecule has 7 rings (SSSR count). The Hall–Kier alpha value is -5.08. The van der Waals surface area contributed by atoms with Crippen molar-refractivity contribution in [3.8, 4) is 6.07 Å². The first kappa shape index (κ1) is 26.8. The van der Waals surface area contributed by atoms with Crippen LogP contribution in [0.4, 0.5) is 15.8 Å². The van der Waals surface area contributed by atoms with Gasteiger partial charge in [-0.1, -0.05) is 18.2 Å². The van der Waals surface area contributed by atoms with E-state index in [1.165, 1.54) is 11.0 Å². The fourth-order valence-corrected chi connectivity index (χ4v) is 6.43. The third-order valence-corrected chi connectivity index (χ3v) is 8.55. The maximum atomic E-state index is 14.5. The molecule has 4 aromatic rings. The molecule has 2 fully saturated rings. The van der Waals surface area contributed by atoms with Gasteiger partial charge >= 0.3 is 0 Å². The van der Waals surface area contributed by atoms with Gasteiger partial charge in [-0.3, -0.25) is 34.2 Å². The molecule has 0 unspecified atom stereocenters.